The third-order valence-electron chi connectivity index (χ3n) is 14.7. The smallest absolute Gasteiger partial charge is 0.0547 e. The summed E-state index contributed by atoms with van der Waals surface area (Å²) in [5, 5.41) is 15.4. The molecule has 0 spiro atoms. The SMILES string of the molecule is c1ccc2c(c1)-c1cccc3c(-c4ccc(-n5c6ccccc6c6ccc(-c7ccc8c(c7)c7ccccc7n8-c7ccc8c9ccccc9c9ccccc9c8c7)cc65)cc4)ccc-2c13. The number of hydrogen-bond donors (Lipinski definition) is 0. The van der Waals surface area contributed by atoms with Crippen LogP contribution in [0.15, 0.2) is 231 Å². The Morgan fingerprint density at radius 2 is 0.636 bits per heavy atom. The highest BCUT2D eigenvalue weighted by molar-refractivity contribution is 6.26. The van der Waals surface area contributed by atoms with Crippen molar-refractivity contribution in [1.29, 1.82) is 0 Å². The first-order valence-electron chi connectivity index (χ1n) is 22.9. The van der Waals surface area contributed by atoms with Gasteiger partial charge in [0.2, 0.25) is 0 Å². The van der Waals surface area contributed by atoms with Crippen LogP contribution < -0.4 is 0 Å². The first-order valence-corrected chi connectivity index (χ1v) is 22.9. The second-order valence-electron chi connectivity index (χ2n) is 18.0. The van der Waals surface area contributed by atoms with Crippen LogP contribution in [0.5, 0.6) is 0 Å². The average Bonchev–Trinajstić information content (AvgIpc) is 4.02. The maximum absolute atomic E-state index is 2.45. The lowest BCUT2D eigenvalue weighted by molar-refractivity contribution is 1.18. The monoisotopic (exact) mass is 834 g/mol. The molecule has 15 rings (SSSR count). The molecule has 0 saturated heterocycles. The molecule has 0 bridgehead atoms. The van der Waals surface area contributed by atoms with Crippen molar-refractivity contribution in [3.63, 3.8) is 0 Å². The molecule has 0 atom stereocenters. The lowest BCUT2D eigenvalue weighted by Crippen LogP contribution is -1.95. The van der Waals surface area contributed by atoms with Gasteiger partial charge in [0.25, 0.3) is 0 Å². The summed E-state index contributed by atoms with van der Waals surface area (Å²) >= 11 is 0. The Morgan fingerprint density at radius 3 is 1.35 bits per heavy atom. The van der Waals surface area contributed by atoms with Crippen LogP contribution in [0.3, 0.4) is 0 Å². The molecule has 12 aromatic carbocycles. The summed E-state index contributed by atoms with van der Waals surface area (Å²) in [6.07, 6.45) is 0. The van der Waals surface area contributed by atoms with E-state index in [4.69, 9.17) is 0 Å². The fraction of sp³-hybridized carbons (Fsp3) is 0. The van der Waals surface area contributed by atoms with Crippen molar-refractivity contribution in [2.24, 2.45) is 0 Å². The summed E-state index contributed by atoms with van der Waals surface area (Å²) in [6, 6.07) is 85.8. The van der Waals surface area contributed by atoms with E-state index in [1.54, 1.807) is 0 Å². The van der Waals surface area contributed by atoms with E-state index in [1.807, 2.05) is 0 Å². The quantitative estimate of drug-likeness (QED) is 0.156. The molecule has 2 heterocycles. The molecule has 0 saturated carbocycles. The lowest BCUT2D eigenvalue weighted by atomic mass is 9.94. The van der Waals surface area contributed by atoms with Crippen LogP contribution in [0.1, 0.15) is 0 Å². The Morgan fingerprint density at radius 1 is 0.197 bits per heavy atom. The van der Waals surface area contributed by atoms with E-state index >= 15 is 0 Å². The molecule has 0 aliphatic heterocycles. The van der Waals surface area contributed by atoms with Gasteiger partial charge in [-0.05, 0) is 142 Å². The Kier molecular flexibility index (Phi) is 7.25. The highest BCUT2D eigenvalue weighted by atomic mass is 15.0. The van der Waals surface area contributed by atoms with Crippen molar-refractivity contribution in [1.82, 2.24) is 9.13 Å². The van der Waals surface area contributed by atoms with Gasteiger partial charge in [-0.1, -0.05) is 176 Å². The lowest BCUT2D eigenvalue weighted by Gasteiger charge is -2.14. The molecule has 66 heavy (non-hydrogen) atoms. The summed E-state index contributed by atoms with van der Waals surface area (Å²) in [6.45, 7) is 0. The molecule has 0 radical (unpaired) electrons. The summed E-state index contributed by atoms with van der Waals surface area (Å²) < 4.78 is 4.89. The molecular formula is C64H38N2. The van der Waals surface area contributed by atoms with E-state index in [1.165, 1.54) is 131 Å². The second kappa shape index (κ2) is 13.4. The van der Waals surface area contributed by atoms with Gasteiger partial charge in [0.15, 0.2) is 0 Å². The van der Waals surface area contributed by atoms with Crippen molar-refractivity contribution < 1.29 is 0 Å². The summed E-state index contributed by atoms with van der Waals surface area (Å²) in [5.41, 5.74) is 17.3. The Balaban J connectivity index is 0.862. The third-order valence-corrected chi connectivity index (χ3v) is 14.7. The van der Waals surface area contributed by atoms with Crippen LogP contribution in [0.2, 0.25) is 0 Å². The second-order valence-corrected chi connectivity index (χ2v) is 18.0. The van der Waals surface area contributed by atoms with Crippen molar-refractivity contribution in [2.45, 2.75) is 0 Å². The Bertz CT molecular complexity index is 4330. The maximum Gasteiger partial charge on any atom is 0.0547 e. The van der Waals surface area contributed by atoms with Gasteiger partial charge in [0.05, 0.1) is 22.1 Å². The largest absolute Gasteiger partial charge is 0.309 e. The third kappa shape index (κ3) is 4.90. The van der Waals surface area contributed by atoms with E-state index in [2.05, 4.69) is 240 Å². The highest BCUT2D eigenvalue weighted by Crippen LogP contribution is 2.49. The highest BCUT2D eigenvalue weighted by Gasteiger charge is 2.23. The van der Waals surface area contributed by atoms with E-state index in [9.17, 15) is 0 Å². The minimum atomic E-state index is 1.15. The molecule has 0 N–H and O–H groups in total. The molecule has 2 nitrogen and oxygen atoms in total. The maximum atomic E-state index is 2.45. The Hall–Kier alpha value is -8.72. The fourth-order valence-electron chi connectivity index (χ4n) is 11.7. The van der Waals surface area contributed by atoms with Crippen molar-refractivity contribution >= 4 is 86.7 Å². The number of rotatable bonds is 4. The van der Waals surface area contributed by atoms with Crippen molar-refractivity contribution in [2.75, 3.05) is 0 Å². The molecule has 14 aromatic rings. The zero-order valence-electron chi connectivity index (χ0n) is 35.8. The minimum absolute atomic E-state index is 1.15. The first-order chi connectivity index (χ1) is 32.7. The molecule has 1 aliphatic carbocycles. The molecule has 304 valence electrons. The van der Waals surface area contributed by atoms with Gasteiger partial charge in [-0.25, -0.2) is 0 Å². The molecule has 0 amide bonds. The van der Waals surface area contributed by atoms with Crippen molar-refractivity contribution in [3.05, 3.63) is 231 Å². The van der Waals surface area contributed by atoms with E-state index in [0.717, 1.165) is 11.4 Å². The first kappa shape index (κ1) is 35.7. The number of nitrogens with zero attached hydrogens (tertiary/aromatic N) is 2. The van der Waals surface area contributed by atoms with Crippen LogP contribution in [-0.2, 0) is 0 Å². The standard InChI is InChI=1S/C64H38N2/c1-2-14-47-45(12-1)46-13-3-6-17-50(46)58-38-43(30-32-51(47)58)66-61-23-10-8-19-53(61)59-36-40(27-35-62(59)66)41-26-31-54-52-18-7-9-22-60(52)65(63(54)37-41)42-28-24-39(25-29-42)44-33-34-57-49-16-5-4-15-48(49)56-21-11-20-55(44)64(56)57/h1-38H. The summed E-state index contributed by atoms with van der Waals surface area (Å²) in [7, 11) is 0. The summed E-state index contributed by atoms with van der Waals surface area (Å²) in [5.74, 6) is 0. The number of benzene rings is 12. The zero-order valence-corrected chi connectivity index (χ0v) is 35.8. The number of fused-ring (bicyclic) bond motifs is 15. The van der Waals surface area contributed by atoms with E-state index < -0.39 is 0 Å². The van der Waals surface area contributed by atoms with Crippen molar-refractivity contribution in [3.8, 4) is 55.9 Å². The number of para-hydroxylation sites is 2. The molecular weight excluding hydrogens is 797 g/mol. The predicted molar refractivity (Wildman–Crippen MR) is 280 cm³/mol. The topological polar surface area (TPSA) is 9.86 Å². The summed E-state index contributed by atoms with van der Waals surface area (Å²) in [4.78, 5) is 0. The number of hydrogen-bond acceptors (Lipinski definition) is 0. The molecule has 0 unspecified atom stereocenters. The van der Waals surface area contributed by atoms with Gasteiger partial charge in [-0.2, -0.15) is 0 Å². The normalized spacial score (nSPS) is 12.2. The van der Waals surface area contributed by atoms with Gasteiger partial charge in [-0.3, -0.25) is 0 Å². The zero-order chi connectivity index (χ0) is 43.0. The van der Waals surface area contributed by atoms with E-state index in [-0.39, 0.29) is 0 Å². The van der Waals surface area contributed by atoms with Gasteiger partial charge < -0.3 is 9.13 Å². The minimum Gasteiger partial charge on any atom is -0.309 e. The van der Waals surface area contributed by atoms with Crippen LogP contribution in [0.4, 0.5) is 0 Å². The van der Waals surface area contributed by atoms with Crippen LogP contribution in [-0.4, -0.2) is 9.13 Å². The van der Waals surface area contributed by atoms with E-state index in [0.29, 0.717) is 0 Å². The van der Waals surface area contributed by atoms with Gasteiger partial charge in [-0.15, -0.1) is 0 Å². The van der Waals surface area contributed by atoms with Crippen LogP contribution in [0.25, 0.3) is 143 Å². The molecule has 2 aromatic heterocycles. The Labute approximate surface area is 380 Å². The van der Waals surface area contributed by atoms with Gasteiger partial charge in [0.1, 0.15) is 0 Å². The predicted octanol–water partition coefficient (Wildman–Crippen LogP) is 17.5. The molecule has 2 heteroatoms. The molecule has 1 aliphatic rings. The van der Waals surface area contributed by atoms with Crippen LogP contribution >= 0.6 is 0 Å². The number of aromatic nitrogens is 2. The van der Waals surface area contributed by atoms with Crippen LogP contribution in [0, 0.1) is 0 Å². The molecule has 0 fully saturated rings. The van der Waals surface area contributed by atoms with Gasteiger partial charge in [0, 0.05) is 32.9 Å². The fourth-order valence-corrected chi connectivity index (χ4v) is 11.7. The average molecular weight is 835 g/mol. The van der Waals surface area contributed by atoms with Gasteiger partial charge >= 0.3 is 0 Å².